The van der Waals surface area contributed by atoms with E-state index in [9.17, 15) is 9.59 Å². The highest BCUT2D eigenvalue weighted by molar-refractivity contribution is 8.01. The van der Waals surface area contributed by atoms with Crippen LogP contribution in [0, 0.1) is 5.92 Å². The number of para-hydroxylation sites is 1. The molecule has 1 amide bonds. The summed E-state index contributed by atoms with van der Waals surface area (Å²) in [6.07, 6.45) is 1.13. The highest BCUT2D eigenvalue weighted by Gasteiger charge is 2.41. The van der Waals surface area contributed by atoms with Crippen LogP contribution in [0.15, 0.2) is 53.4 Å². The first-order chi connectivity index (χ1) is 14.4. The molecule has 2 atom stereocenters. The lowest BCUT2D eigenvalue weighted by Crippen LogP contribution is -2.52. The smallest absolute Gasteiger partial charge is 0.329 e. The Bertz CT molecular complexity index is 881. The Morgan fingerprint density at radius 1 is 1.13 bits per heavy atom. The zero-order chi connectivity index (χ0) is 21.7. The molecule has 2 aromatic carbocycles. The third-order valence-electron chi connectivity index (χ3n) is 5.05. The van der Waals surface area contributed by atoms with Gasteiger partial charge in [-0.15, -0.1) is 11.8 Å². The van der Waals surface area contributed by atoms with Gasteiger partial charge in [0.05, 0.1) is 24.7 Å². The summed E-state index contributed by atoms with van der Waals surface area (Å²) >= 11 is 1.56. The highest BCUT2D eigenvalue weighted by Crippen LogP contribution is 2.42. The number of nitrogens with zero attached hydrogens (tertiary/aromatic N) is 1. The number of carbonyl (C=O) groups excluding carboxylic acids is 2. The minimum Gasteiger partial charge on any atom is -0.497 e. The summed E-state index contributed by atoms with van der Waals surface area (Å²) in [5.74, 6) is 0.638. The molecule has 0 saturated carbocycles. The van der Waals surface area contributed by atoms with Crippen molar-refractivity contribution in [2.24, 2.45) is 5.92 Å². The molecule has 0 saturated heterocycles. The summed E-state index contributed by atoms with van der Waals surface area (Å²) in [4.78, 5) is 29.1. The van der Waals surface area contributed by atoms with Crippen LogP contribution < -0.4 is 9.64 Å². The van der Waals surface area contributed by atoms with Crippen LogP contribution in [-0.4, -0.2) is 36.9 Å². The number of hydrogen-bond acceptors (Lipinski definition) is 5. The molecule has 0 aliphatic carbocycles. The minimum absolute atomic E-state index is 0.0479. The quantitative estimate of drug-likeness (QED) is 0.571. The van der Waals surface area contributed by atoms with E-state index in [0.29, 0.717) is 19.4 Å². The van der Waals surface area contributed by atoms with E-state index in [-0.39, 0.29) is 23.0 Å². The molecule has 30 heavy (non-hydrogen) atoms. The summed E-state index contributed by atoms with van der Waals surface area (Å²) in [7, 11) is 1.63. The maximum absolute atomic E-state index is 13.6. The molecule has 0 spiro atoms. The Morgan fingerprint density at radius 2 is 1.83 bits per heavy atom. The van der Waals surface area contributed by atoms with E-state index in [2.05, 4.69) is 13.8 Å². The Hall–Kier alpha value is -2.47. The monoisotopic (exact) mass is 427 g/mol. The van der Waals surface area contributed by atoms with Crippen LogP contribution in [0.5, 0.6) is 5.75 Å². The number of methoxy groups -OCH3 is 1. The summed E-state index contributed by atoms with van der Waals surface area (Å²) in [5.41, 5.74) is 1.84. The topological polar surface area (TPSA) is 55.8 Å². The van der Waals surface area contributed by atoms with Gasteiger partial charge in [-0.3, -0.25) is 9.69 Å². The fourth-order valence-corrected chi connectivity index (χ4v) is 4.89. The molecule has 1 aliphatic rings. The van der Waals surface area contributed by atoms with Crippen molar-refractivity contribution in [3.63, 3.8) is 0 Å². The van der Waals surface area contributed by atoms with Gasteiger partial charge in [-0.2, -0.15) is 0 Å². The first-order valence-electron chi connectivity index (χ1n) is 10.3. The SMILES string of the molecule is CCOC(=O)[C@@H](CC(C)C)N1C(=O)C(Cc2ccc(OC)cc2)Sc2ccccc21. The predicted molar refractivity (Wildman–Crippen MR) is 120 cm³/mol. The number of ether oxygens (including phenoxy) is 2. The second kappa shape index (κ2) is 10.0. The first kappa shape index (κ1) is 22.2. The Labute approximate surface area is 182 Å². The number of amides is 1. The third kappa shape index (κ3) is 4.98. The first-order valence-corrected chi connectivity index (χ1v) is 11.2. The number of anilines is 1. The minimum atomic E-state index is -0.627. The summed E-state index contributed by atoms with van der Waals surface area (Å²) < 4.78 is 10.6. The van der Waals surface area contributed by atoms with Gasteiger partial charge in [0.15, 0.2) is 0 Å². The molecule has 0 aromatic heterocycles. The lowest BCUT2D eigenvalue weighted by atomic mass is 10.00. The van der Waals surface area contributed by atoms with Crippen molar-refractivity contribution in [3.05, 3.63) is 54.1 Å². The summed E-state index contributed by atoms with van der Waals surface area (Å²) in [6, 6.07) is 14.9. The van der Waals surface area contributed by atoms with Gasteiger partial charge in [0.25, 0.3) is 0 Å². The van der Waals surface area contributed by atoms with Gasteiger partial charge in [-0.1, -0.05) is 38.1 Å². The molecule has 0 bridgehead atoms. The van der Waals surface area contributed by atoms with Crippen LogP contribution in [0.3, 0.4) is 0 Å². The molecule has 1 heterocycles. The lowest BCUT2D eigenvalue weighted by Gasteiger charge is -2.38. The average molecular weight is 428 g/mol. The molecular weight excluding hydrogens is 398 g/mol. The van der Waals surface area contributed by atoms with E-state index in [1.54, 1.807) is 30.7 Å². The summed E-state index contributed by atoms with van der Waals surface area (Å²) in [6.45, 7) is 6.19. The van der Waals surface area contributed by atoms with Gasteiger partial charge in [0.2, 0.25) is 5.91 Å². The molecule has 0 radical (unpaired) electrons. The van der Waals surface area contributed by atoms with Crippen LogP contribution in [0.2, 0.25) is 0 Å². The Kier molecular flexibility index (Phi) is 7.43. The van der Waals surface area contributed by atoms with Crippen LogP contribution in [0.1, 0.15) is 32.8 Å². The molecular formula is C24H29NO4S. The van der Waals surface area contributed by atoms with Gasteiger partial charge in [-0.05, 0) is 55.5 Å². The van der Waals surface area contributed by atoms with Gasteiger partial charge < -0.3 is 9.47 Å². The molecule has 1 aliphatic heterocycles. The zero-order valence-electron chi connectivity index (χ0n) is 18.0. The number of benzene rings is 2. The fourth-order valence-electron chi connectivity index (χ4n) is 3.65. The fraction of sp³-hybridized carbons (Fsp3) is 0.417. The van der Waals surface area contributed by atoms with E-state index >= 15 is 0 Å². The second-order valence-electron chi connectivity index (χ2n) is 7.73. The van der Waals surface area contributed by atoms with Crippen LogP contribution in [0.4, 0.5) is 5.69 Å². The Balaban J connectivity index is 1.95. The zero-order valence-corrected chi connectivity index (χ0v) is 18.8. The van der Waals surface area contributed by atoms with Crippen molar-refractivity contribution in [2.75, 3.05) is 18.6 Å². The van der Waals surface area contributed by atoms with Gasteiger partial charge in [0.1, 0.15) is 11.8 Å². The van der Waals surface area contributed by atoms with Gasteiger partial charge >= 0.3 is 5.97 Å². The highest BCUT2D eigenvalue weighted by atomic mass is 32.2. The van der Waals surface area contributed by atoms with E-state index in [4.69, 9.17) is 9.47 Å². The standard InChI is InChI=1S/C24H29NO4S/c1-5-29-24(27)20(14-16(2)3)25-19-8-6-7-9-21(19)30-22(23(25)26)15-17-10-12-18(28-4)13-11-17/h6-13,16,20,22H,5,14-15H2,1-4H3/t20-,22?/m1/s1. The van der Waals surface area contributed by atoms with Crippen molar-refractivity contribution in [2.45, 2.75) is 49.8 Å². The van der Waals surface area contributed by atoms with Crippen molar-refractivity contribution < 1.29 is 19.1 Å². The largest absolute Gasteiger partial charge is 0.497 e. The predicted octanol–water partition coefficient (Wildman–Crippen LogP) is 4.72. The lowest BCUT2D eigenvalue weighted by molar-refractivity contribution is -0.146. The maximum atomic E-state index is 13.6. The number of hydrogen-bond donors (Lipinski definition) is 0. The number of esters is 1. The van der Waals surface area contributed by atoms with Crippen molar-refractivity contribution in [1.29, 1.82) is 0 Å². The number of carbonyl (C=O) groups is 2. The third-order valence-corrected chi connectivity index (χ3v) is 6.30. The molecule has 0 fully saturated rings. The number of fused-ring (bicyclic) bond motifs is 1. The average Bonchev–Trinajstić information content (AvgIpc) is 2.73. The number of rotatable bonds is 8. The van der Waals surface area contributed by atoms with Gasteiger partial charge in [0, 0.05) is 4.90 Å². The normalized spacial score (nSPS) is 16.9. The second-order valence-corrected chi connectivity index (χ2v) is 8.98. The molecule has 2 aromatic rings. The van der Waals surface area contributed by atoms with Crippen LogP contribution in [-0.2, 0) is 20.7 Å². The number of thioether (sulfide) groups is 1. The maximum Gasteiger partial charge on any atom is 0.329 e. The Morgan fingerprint density at radius 3 is 2.47 bits per heavy atom. The van der Waals surface area contributed by atoms with Gasteiger partial charge in [-0.25, -0.2) is 4.79 Å². The molecule has 3 rings (SSSR count). The van der Waals surface area contributed by atoms with E-state index in [1.807, 2.05) is 48.5 Å². The van der Waals surface area contributed by atoms with E-state index < -0.39 is 6.04 Å². The molecule has 0 N–H and O–H groups in total. The van der Waals surface area contributed by atoms with Crippen LogP contribution in [0.25, 0.3) is 0 Å². The molecule has 5 nitrogen and oxygen atoms in total. The molecule has 160 valence electrons. The van der Waals surface area contributed by atoms with Crippen molar-refractivity contribution in [3.8, 4) is 5.75 Å². The summed E-state index contributed by atoms with van der Waals surface area (Å²) in [5, 5.41) is -0.308. The van der Waals surface area contributed by atoms with Crippen molar-refractivity contribution in [1.82, 2.24) is 0 Å². The van der Waals surface area contributed by atoms with E-state index in [0.717, 1.165) is 21.9 Å². The van der Waals surface area contributed by atoms with Crippen molar-refractivity contribution >= 4 is 29.3 Å². The van der Waals surface area contributed by atoms with E-state index in [1.165, 1.54) is 0 Å². The molecule has 6 heteroatoms. The van der Waals surface area contributed by atoms with Crippen LogP contribution >= 0.6 is 11.8 Å². The molecule has 1 unspecified atom stereocenters.